The highest BCUT2D eigenvalue weighted by Gasteiger charge is 2.18. The molecule has 2 N–H and O–H groups in total. The molecule has 1 heterocycles. The second-order valence-corrected chi connectivity index (χ2v) is 4.70. The molecule has 0 aliphatic carbocycles. The van der Waals surface area contributed by atoms with Crippen molar-refractivity contribution in [1.29, 1.82) is 0 Å². The number of hydrogen-bond donors (Lipinski definition) is 2. The molecule has 5 heteroatoms. The van der Waals surface area contributed by atoms with Crippen LogP contribution in [0.25, 0.3) is 0 Å². The molecule has 0 spiro atoms. The highest BCUT2D eigenvalue weighted by molar-refractivity contribution is 5.94. The van der Waals surface area contributed by atoms with Gasteiger partial charge in [-0.2, -0.15) is 0 Å². The summed E-state index contributed by atoms with van der Waals surface area (Å²) in [5.41, 5.74) is 0.0676. The zero-order chi connectivity index (χ0) is 13.7. The number of carbonyl (C=O) groups excluding carboxylic acids is 1. The summed E-state index contributed by atoms with van der Waals surface area (Å²) in [5, 5.41) is 6.17. The molecule has 19 heavy (non-hydrogen) atoms. The summed E-state index contributed by atoms with van der Waals surface area (Å²) in [6.07, 6.45) is 2.83. The molecule has 1 aliphatic heterocycles. The molecule has 1 aromatic rings. The Morgan fingerprint density at radius 2 is 2.26 bits per heavy atom. The van der Waals surface area contributed by atoms with Crippen molar-refractivity contribution in [2.45, 2.75) is 25.3 Å². The van der Waals surface area contributed by atoms with Gasteiger partial charge in [0.05, 0.1) is 12.7 Å². The summed E-state index contributed by atoms with van der Waals surface area (Å²) in [5.74, 6) is -0.497. The molecule has 1 saturated heterocycles. The van der Waals surface area contributed by atoms with E-state index in [1.54, 1.807) is 6.07 Å². The number of hydrogen-bond acceptors (Lipinski definition) is 3. The van der Waals surface area contributed by atoms with E-state index in [-0.39, 0.29) is 17.5 Å². The SMILES string of the molecule is COc1ccc(C(=O)NC2CCCNCC2)c(F)c1. The Labute approximate surface area is 112 Å². The molecule has 0 saturated carbocycles. The van der Waals surface area contributed by atoms with Gasteiger partial charge in [0.2, 0.25) is 0 Å². The molecule has 104 valence electrons. The molecule has 4 nitrogen and oxygen atoms in total. The molecule has 0 radical (unpaired) electrons. The summed E-state index contributed by atoms with van der Waals surface area (Å²) in [7, 11) is 1.47. The van der Waals surface area contributed by atoms with E-state index < -0.39 is 5.82 Å². The molecule has 1 fully saturated rings. The monoisotopic (exact) mass is 266 g/mol. The van der Waals surface area contributed by atoms with Crippen molar-refractivity contribution < 1.29 is 13.9 Å². The van der Waals surface area contributed by atoms with Gasteiger partial charge in [-0.05, 0) is 44.5 Å². The minimum absolute atomic E-state index is 0.0676. The minimum atomic E-state index is -0.552. The van der Waals surface area contributed by atoms with Gasteiger partial charge in [-0.1, -0.05) is 0 Å². The summed E-state index contributed by atoms with van der Waals surface area (Å²) >= 11 is 0. The molecule has 0 aromatic heterocycles. The van der Waals surface area contributed by atoms with Gasteiger partial charge < -0.3 is 15.4 Å². The number of halogens is 1. The van der Waals surface area contributed by atoms with E-state index in [1.807, 2.05) is 0 Å². The first-order valence-corrected chi connectivity index (χ1v) is 6.56. The molecular weight excluding hydrogens is 247 g/mol. The lowest BCUT2D eigenvalue weighted by Crippen LogP contribution is -2.35. The third-order valence-electron chi connectivity index (χ3n) is 3.33. The number of carbonyl (C=O) groups is 1. The van der Waals surface area contributed by atoms with Gasteiger partial charge in [0.25, 0.3) is 5.91 Å². The summed E-state index contributed by atoms with van der Waals surface area (Å²) in [6.45, 7) is 1.86. The number of benzene rings is 1. The van der Waals surface area contributed by atoms with Crippen molar-refractivity contribution in [3.63, 3.8) is 0 Å². The highest BCUT2D eigenvalue weighted by atomic mass is 19.1. The first-order valence-electron chi connectivity index (χ1n) is 6.56. The van der Waals surface area contributed by atoms with E-state index in [0.717, 1.165) is 32.4 Å². The van der Waals surface area contributed by atoms with Gasteiger partial charge in [-0.25, -0.2) is 4.39 Å². The summed E-state index contributed by atoms with van der Waals surface area (Å²) in [4.78, 5) is 12.0. The van der Waals surface area contributed by atoms with Gasteiger partial charge in [0.15, 0.2) is 0 Å². The van der Waals surface area contributed by atoms with E-state index in [9.17, 15) is 9.18 Å². The van der Waals surface area contributed by atoms with Crippen LogP contribution in [-0.4, -0.2) is 32.1 Å². The highest BCUT2D eigenvalue weighted by Crippen LogP contribution is 2.16. The lowest BCUT2D eigenvalue weighted by molar-refractivity contribution is 0.0930. The smallest absolute Gasteiger partial charge is 0.254 e. The molecule has 1 amide bonds. The number of nitrogens with one attached hydrogen (secondary N) is 2. The molecule has 1 aromatic carbocycles. The zero-order valence-electron chi connectivity index (χ0n) is 11.0. The average molecular weight is 266 g/mol. The van der Waals surface area contributed by atoms with E-state index in [1.165, 1.54) is 19.2 Å². The third kappa shape index (κ3) is 3.67. The zero-order valence-corrected chi connectivity index (χ0v) is 11.0. The van der Waals surface area contributed by atoms with Crippen molar-refractivity contribution in [2.24, 2.45) is 0 Å². The number of rotatable bonds is 3. The van der Waals surface area contributed by atoms with Crippen LogP contribution in [0.1, 0.15) is 29.6 Å². The van der Waals surface area contributed by atoms with E-state index in [2.05, 4.69) is 10.6 Å². The van der Waals surface area contributed by atoms with E-state index in [4.69, 9.17) is 4.74 Å². The fourth-order valence-corrected chi connectivity index (χ4v) is 2.23. The summed E-state index contributed by atoms with van der Waals surface area (Å²) < 4.78 is 18.7. The Hall–Kier alpha value is -1.62. The van der Waals surface area contributed by atoms with Crippen molar-refractivity contribution >= 4 is 5.91 Å². The van der Waals surface area contributed by atoms with Crippen molar-refractivity contribution in [3.8, 4) is 5.75 Å². The topological polar surface area (TPSA) is 50.4 Å². The second kappa shape index (κ2) is 6.52. The lowest BCUT2D eigenvalue weighted by Gasteiger charge is -2.16. The summed E-state index contributed by atoms with van der Waals surface area (Å²) in [6, 6.07) is 4.39. The maximum atomic E-state index is 13.8. The van der Waals surface area contributed by atoms with Gasteiger partial charge in [-0.3, -0.25) is 4.79 Å². The molecule has 2 rings (SSSR count). The standard InChI is InChI=1S/C14H19FN2O2/c1-19-11-4-5-12(13(15)9-11)14(18)17-10-3-2-7-16-8-6-10/h4-5,9-10,16H,2-3,6-8H2,1H3,(H,17,18). The quantitative estimate of drug-likeness (QED) is 0.875. The second-order valence-electron chi connectivity index (χ2n) is 4.70. The Morgan fingerprint density at radius 1 is 1.42 bits per heavy atom. The van der Waals surface area contributed by atoms with Crippen LogP contribution in [0.2, 0.25) is 0 Å². The van der Waals surface area contributed by atoms with Crippen LogP contribution in [-0.2, 0) is 0 Å². The first-order chi connectivity index (χ1) is 9.20. The van der Waals surface area contributed by atoms with Gasteiger partial charge in [0.1, 0.15) is 11.6 Å². The lowest BCUT2D eigenvalue weighted by atomic mass is 10.1. The number of amides is 1. The van der Waals surface area contributed by atoms with Gasteiger partial charge in [-0.15, -0.1) is 0 Å². The Morgan fingerprint density at radius 3 is 3.00 bits per heavy atom. The van der Waals surface area contributed by atoms with Gasteiger partial charge in [0, 0.05) is 12.1 Å². The predicted molar refractivity (Wildman–Crippen MR) is 70.9 cm³/mol. The van der Waals surface area contributed by atoms with Crippen molar-refractivity contribution in [3.05, 3.63) is 29.6 Å². The first kappa shape index (κ1) is 13.8. The maximum Gasteiger partial charge on any atom is 0.254 e. The normalized spacial score (nSPS) is 19.6. The van der Waals surface area contributed by atoms with Crippen LogP contribution in [0.15, 0.2) is 18.2 Å². The number of methoxy groups -OCH3 is 1. The van der Waals surface area contributed by atoms with Crippen LogP contribution < -0.4 is 15.4 Å². The van der Waals surface area contributed by atoms with Crippen LogP contribution in [0.5, 0.6) is 5.75 Å². The fraction of sp³-hybridized carbons (Fsp3) is 0.500. The maximum absolute atomic E-state index is 13.8. The largest absolute Gasteiger partial charge is 0.497 e. The van der Waals surface area contributed by atoms with Gasteiger partial charge >= 0.3 is 0 Å². The minimum Gasteiger partial charge on any atom is -0.497 e. The Balaban J connectivity index is 2.02. The number of ether oxygens (including phenoxy) is 1. The molecule has 1 atom stereocenters. The average Bonchev–Trinajstić information content (AvgIpc) is 2.67. The Bertz CT molecular complexity index is 443. The van der Waals surface area contributed by atoms with Crippen LogP contribution in [0, 0.1) is 5.82 Å². The van der Waals surface area contributed by atoms with Crippen LogP contribution in [0.3, 0.4) is 0 Å². The fourth-order valence-electron chi connectivity index (χ4n) is 2.23. The Kier molecular flexibility index (Phi) is 4.74. The van der Waals surface area contributed by atoms with E-state index in [0.29, 0.717) is 5.75 Å². The van der Waals surface area contributed by atoms with Crippen LogP contribution >= 0.6 is 0 Å². The molecule has 0 bridgehead atoms. The third-order valence-corrected chi connectivity index (χ3v) is 3.33. The van der Waals surface area contributed by atoms with Crippen molar-refractivity contribution in [2.75, 3.05) is 20.2 Å². The van der Waals surface area contributed by atoms with Crippen LogP contribution in [0.4, 0.5) is 4.39 Å². The van der Waals surface area contributed by atoms with Crippen molar-refractivity contribution in [1.82, 2.24) is 10.6 Å². The molecule has 1 unspecified atom stereocenters. The predicted octanol–water partition coefficient (Wildman–Crippen LogP) is 1.71. The van der Waals surface area contributed by atoms with E-state index >= 15 is 0 Å². The molecular formula is C14H19FN2O2. The molecule has 1 aliphatic rings.